The third kappa shape index (κ3) is 6.26. The Hall–Kier alpha value is -2.77. The maximum Gasteiger partial charge on any atom is 0.433 e. The van der Waals surface area contributed by atoms with Crippen LogP contribution in [0.25, 0.3) is 11.0 Å². The molecule has 0 amide bonds. The van der Waals surface area contributed by atoms with Crippen molar-refractivity contribution in [3.05, 3.63) is 41.5 Å². The molecular weight excluding hydrogens is 523 g/mol. The van der Waals surface area contributed by atoms with Crippen molar-refractivity contribution >= 4 is 26.8 Å². The van der Waals surface area contributed by atoms with Gasteiger partial charge in [0.25, 0.3) is 0 Å². The number of sulfone groups is 1. The van der Waals surface area contributed by atoms with E-state index in [1.165, 1.54) is 19.9 Å². The van der Waals surface area contributed by atoms with Crippen LogP contribution in [-0.4, -0.2) is 57.1 Å². The molecule has 0 aliphatic carbocycles. The zero-order valence-electron chi connectivity index (χ0n) is 22.4. The van der Waals surface area contributed by atoms with E-state index < -0.39 is 38.9 Å². The lowest BCUT2D eigenvalue weighted by atomic mass is 9.97. The van der Waals surface area contributed by atoms with E-state index in [-0.39, 0.29) is 22.9 Å². The van der Waals surface area contributed by atoms with E-state index in [1.807, 2.05) is 18.4 Å². The molecule has 1 unspecified atom stereocenters. The largest absolute Gasteiger partial charge is 0.433 e. The van der Waals surface area contributed by atoms with Crippen LogP contribution in [0, 0.1) is 5.92 Å². The van der Waals surface area contributed by atoms with Gasteiger partial charge in [0.15, 0.2) is 15.5 Å². The van der Waals surface area contributed by atoms with Crippen molar-refractivity contribution in [1.82, 2.24) is 19.5 Å². The van der Waals surface area contributed by atoms with E-state index in [0.29, 0.717) is 29.9 Å². The fourth-order valence-electron chi connectivity index (χ4n) is 4.36. The Labute approximate surface area is 220 Å². The number of hydrogen-bond acceptors (Lipinski definition) is 8. The molecule has 3 aromatic rings. The monoisotopic (exact) mass is 557 g/mol. The minimum atomic E-state index is -4.77. The van der Waals surface area contributed by atoms with Gasteiger partial charge in [-0.15, -0.1) is 0 Å². The molecule has 1 aliphatic heterocycles. The van der Waals surface area contributed by atoms with E-state index in [2.05, 4.69) is 9.97 Å². The molecular formula is C25H34F3N5O4S. The van der Waals surface area contributed by atoms with E-state index >= 15 is 0 Å². The third-order valence-electron chi connectivity index (χ3n) is 5.93. The van der Waals surface area contributed by atoms with Gasteiger partial charge in [0.1, 0.15) is 5.82 Å². The Morgan fingerprint density at radius 1 is 1.08 bits per heavy atom. The number of aromatic nitrogens is 4. The van der Waals surface area contributed by atoms with Crippen LogP contribution < -0.4 is 4.90 Å². The second-order valence-corrected chi connectivity index (χ2v) is 12.5. The molecule has 3 heterocycles. The molecule has 0 saturated carbocycles. The Bertz CT molecular complexity index is 1410. The molecule has 4 rings (SSSR count). The summed E-state index contributed by atoms with van der Waals surface area (Å²) in [5.41, 5.74) is -2.10. The zero-order chi connectivity index (χ0) is 28.8. The normalized spacial score (nSPS) is 16.6. The number of nitrogens with zero attached hydrogens (tertiary/aromatic N) is 5. The quantitative estimate of drug-likeness (QED) is 0.492. The fourth-order valence-corrected chi connectivity index (χ4v) is 5.00. The number of anilines is 1. The first-order valence-electron chi connectivity index (χ1n) is 12.1. The summed E-state index contributed by atoms with van der Waals surface area (Å²) >= 11 is 0. The second-order valence-electron chi connectivity index (χ2n) is 10.5. The molecule has 0 radical (unpaired) electrons. The van der Waals surface area contributed by atoms with Crippen LogP contribution in [0.4, 0.5) is 19.1 Å². The molecule has 2 aromatic heterocycles. The molecule has 1 aromatic carbocycles. The lowest BCUT2D eigenvalue weighted by Crippen LogP contribution is -2.42. The molecule has 1 atom stereocenters. The SMILES string of the molecule is CC(C)C1c2nc3ccc(S(C)(=O)=O)cc3n2CCN1c1ncc(C(C)(C)O)c(C(F)(F)F)n1.CC(C)O. The van der Waals surface area contributed by atoms with Crippen LogP contribution in [0.15, 0.2) is 29.3 Å². The van der Waals surface area contributed by atoms with E-state index in [1.54, 1.807) is 30.9 Å². The highest BCUT2D eigenvalue weighted by Gasteiger charge is 2.42. The van der Waals surface area contributed by atoms with E-state index in [0.717, 1.165) is 12.5 Å². The lowest BCUT2D eigenvalue weighted by Gasteiger charge is -2.38. The number of imidazole rings is 1. The molecule has 0 bridgehead atoms. The van der Waals surface area contributed by atoms with Gasteiger partial charge in [0, 0.05) is 37.2 Å². The number of aliphatic hydroxyl groups is 2. The first kappa shape index (κ1) is 29.8. The molecule has 13 heteroatoms. The smallest absolute Gasteiger partial charge is 0.394 e. The summed E-state index contributed by atoms with van der Waals surface area (Å²) in [6, 6.07) is 4.25. The fraction of sp³-hybridized carbons (Fsp3) is 0.560. The lowest BCUT2D eigenvalue weighted by molar-refractivity contribution is -0.144. The minimum Gasteiger partial charge on any atom is -0.394 e. The van der Waals surface area contributed by atoms with Crippen molar-refractivity contribution in [3.8, 4) is 0 Å². The molecule has 9 nitrogen and oxygen atoms in total. The maximum atomic E-state index is 13.8. The number of benzene rings is 1. The van der Waals surface area contributed by atoms with Gasteiger partial charge >= 0.3 is 6.18 Å². The predicted molar refractivity (Wildman–Crippen MR) is 137 cm³/mol. The van der Waals surface area contributed by atoms with Crippen molar-refractivity contribution in [3.63, 3.8) is 0 Å². The molecule has 2 N–H and O–H groups in total. The van der Waals surface area contributed by atoms with Crippen LogP contribution in [0.1, 0.15) is 64.7 Å². The zero-order valence-corrected chi connectivity index (χ0v) is 23.3. The van der Waals surface area contributed by atoms with Gasteiger partial charge in [-0.25, -0.2) is 23.4 Å². The maximum absolute atomic E-state index is 13.8. The van der Waals surface area contributed by atoms with Crippen LogP contribution in [0.2, 0.25) is 0 Å². The van der Waals surface area contributed by atoms with Gasteiger partial charge < -0.3 is 19.7 Å². The topological polar surface area (TPSA) is 121 Å². The summed E-state index contributed by atoms with van der Waals surface area (Å²) in [6.45, 7) is 10.5. The molecule has 0 saturated heterocycles. The van der Waals surface area contributed by atoms with Gasteiger partial charge in [-0.1, -0.05) is 13.8 Å². The van der Waals surface area contributed by atoms with Crippen LogP contribution in [0.3, 0.4) is 0 Å². The number of aliphatic hydroxyl groups excluding tert-OH is 1. The van der Waals surface area contributed by atoms with Crippen molar-refractivity contribution in [1.29, 1.82) is 0 Å². The van der Waals surface area contributed by atoms with Crippen molar-refractivity contribution < 1.29 is 31.8 Å². The van der Waals surface area contributed by atoms with Crippen LogP contribution in [0.5, 0.6) is 0 Å². The van der Waals surface area contributed by atoms with Gasteiger partial charge in [0.2, 0.25) is 5.95 Å². The highest BCUT2D eigenvalue weighted by molar-refractivity contribution is 7.90. The molecule has 0 fully saturated rings. The standard InChI is InChI=1S/C22H26F3N5O3S.C3H8O/c1-12(2)17-19-27-15-7-6-13(34(5,32)33)10-16(15)29(19)8-9-30(17)20-26-11-14(21(3,4)31)18(28-20)22(23,24)25;1-3(2)4/h6-7,10-12,17,31H,8-9H2,1-5H3;3-4H,1-2H3. The van der Waals surface area contributed by atoms with Crippen LogP contribution >= 0.6 is 0 Å². The average molecular weight is 558 g/mol. The van der Waals surface area contributed by atoms with E-state index in [4.69, 9.17) is 10.1 Å². The van der Waals surface area contributed by atoms with Gasteiger partial charge in [-0.3, -0.25) is 0 Å². The first-order valence-corrected chi connectivity index (χ1v) is 14.0. The Balaban J connectivity index is 0.000000934. The van der Waals surface area contributed by atoms with E-state index in [9.17, 15) is 26.7 Å². The first-order chi connectivity index (χ1) is 17.3. The highest BCUT2D eigenvalue weighted by Crippen LogP contribution is 2.39. The summed E-state index contributed by atoms with van der Waals surface area (Å²) < 4.78 is 67.4. The summed E-state index contributed by atoms with van der Waals surface area (Å²) in [4.78, 5) is 14.6. The summed E-state index contributed by atoms with van der Waals surface area (Å²) in [5, 5.41) is 18.3. The Morgan fingerprint density at radius 3 is 2.18 bits per heavy atom. The number of rotatable bonds is 4. The number of fused-ring (bicyclic) bond motifs is 3. The van der Waals surface area contributed by atoms with Gasteiger partial charge in [-0.05, 0) is 51.8 Å². The highest BCUT2D eigenvalue weighted by atomic mass is 32.2. The third-order valence-corrected chi connectivity index (χ3v) is 7.04. The van der Waals surface area contributed by atoms with Crippen LogP contribution in [-0.2, 0) is 28.2 Å². The number of hydrogen-bond donors (Lipinski definition) is 2. The van der Waals surface area contributed by atoms with Gasteiger partial charge in [0.05, 0.1) is 27.6 Å². The summed E-state index contributed by atoms with van der Waals surface area (Å²) in [5.74, 6) is 0.428. The summed E-state index contributed by atoms with van der Waals surface area (Å²) in [7, 11) is -3.42. The molecule has 38 heavy (non-hydrogen) atoms. The number of alkyl halides is 3. The second kappa shape index (κ2) is 10.4. The van der Waals surface area contributed by atoms with Gasteiger partial charge in [-0.2, -0.15) is 13.2 Å². The number of halogens is 3. The predicted octanol–water partition coefficient (Wildman–Crippen LogP) is 4.08. The Morgan fingerprint density at radius 2 is 1.68 bits per heavy atom. The molecule has 1 aliphatic rings. The average Bonchev–Trinajstić information content (AvgIpc) is 3.13. The van der Waals surface area contributed by atoms with Crippen molar-refractivity contribution in [2.45, 2.75) is 76.9 Å². The Kier molecular flexibility index (Phi) is 8.17. The molecule has 0 spiro atoms. The molecule has 210 valence electrons. The summed E-state index contributed by atoms with van der Waals surface area (Å²) in [6.07, 6.45) is -2.78. The minimum absolute atomic E-state index is 0.0721. The van der Waals surface area contributed by atoms with Crippen molar-refractivity contribution in [2.24, 2.45) is 5.92 Å². The van der Waals surface area contributed by atoms with Crippen molar-refractivity contribution in [2.75, 3.05) is 17.7 Å².